The second-order valence-corrected chi connectivity index (χ2v) is 8.56. The maximum Gasteiger partial charge on any atom is 0.319 e. The number of nitrogens with one attached hydrogen (secondary N) is 1. The first-order valence-corrected chi connectivity index (χ1v) is 10.9. The normalized spacial score (nSPS) is 18.7. The number of nitrogens with zero attached hydrogens (tertiary/aromatic N) is 2. The Morgan fingerprint density at radius 2 is 1.64 bits per heavy atom. The van der Waals surface area contributed by atoms with Crippen molar-refractivity contribution in [2.45, 2.75) is 57.3 Å². The Kier molecular flexibility index (Phi) is 7.35. The smallest absolute Gasteiger partial charge is 0.319 e. The first kappa shape index (κ1) is 20.7. The summed E-state index contributed by atoms with van der Waals surface area (Å²) >= 11 is 0. The van der Waals surface area contributed by atoms with E-state index >= 15 is 0 Å². The molecular weight excluding hydrogens is 350 g/mol. The van der Waals surface area contributed by atoms with Crippen LogP contribution in [0.3, 0.4) is 0 Å². The van der Waals surface area contributed by atoms with Gasteiger partial charge in [-0.05, 0) is 49.1 Å². The molecule has 1 aromatic rings. The minimum atomic E-state index is 0.0277. The molecule has 0 atom stereocenters. The van der Waals surface area contributed by atoms with Gasteiger partial charge in [0.1, 0.15) is 0 Å². The Balaban J connectivity index is 1.38. The van der Waals surface area contributed by atoms with Crippen LogP contribution >= 0.6 is 0 Å². The molecule has 0 bridgehead atoms. The molecule has 3 rings (SSSR count). The van der Waals surface area contributed by atoms with Crippen molar-refractivity contribution in [2.75, 3.05) is 33.7 Å². The van der Waals surface area contributed by atoms with Crippen molar-refractivity contribution >= 4 is 11.9 Å². The Hall–Kier alpha value is -2.04. The van der Waals surface area contributed by atoms with Crippen molar-refractivity contribution in [2.24, 2.45) is 5.92 Å². The molecule has 0 radical (unpaired) electrons. The van der Waals surface area contributed by atoms with Crippen LogP contribution in [0.2, 0.25) is 0 Å². The fourth-order valence-electron chi connectivity index (χ4n) is 4.48. The summed E-state index contributed by atoms with van der Waals surface area (Å²) in [6, 6.07) is 9.05. The Morgan fingerprint density at radius 3 is 2.25 bits per heavy atom. The predicted molar refractivity (Wildman–Crippen MR) is 112 cm³/mol. The molecule has 1 aromatic carbocycles. The minimum absolute atomic E-state index is 0.0277. The van der Waals surface area contributed by atoms with Crippen LogP contribution in [-0.4, -0.2) is 55.5 Å². The van der Waals surface area contributed by atoms with Crippen molar-refractivity contribution in [3.63, 3.8) is 0 Å². The molecule has 1 aliphatic heterocycles. The molecule has 5 nitrogen and oxygen atoms in total. The highest BCUT2D eigenvalue weighted by molar-refractivity contribution is 5.79. The van der Waals surface area contributed by atoms with Gasteiger partial charge in [-0.2, -0.15) is 0 Å². The van der Waals surface area contributed by atoms with E-state index in [9.17, 15) is 9.59 Å². The van der Waals surface area contributed by atoms with E-state index in [-0.39, 0.29) is 17.9 Å². The largest absolute Gasteiger partial charge is 0.356 e. The van der Waals surface area contributed by atoms with Crippen molar-refractivity contribution < 1.29 is 9.59 Å². The quantitative estimate of drug-likeness (QED) is 0.838. The predicted octanol–water partition coefficient (Wildman–Crippen LogP) is 3.79. The number of benzene rings is 1. The summed E-state index contributed by atoms with van der Waals surface area (Å²) < 4.78 is 0. The average molecular weight is 386 g/mol. The molecule has 1 aliphatic carbocycles. The van der Waals surface area contributed by atoms with Crippen LogP contribution in [0.25, 0.3) is 0 Å². The highest BCUT2D eigenvalue weighted by Gasteiger charge is 2.27. The standard InChI is InChI=1S/C23H35N3O2/c1-25(2)23(28)26-16-13-21(14-17-26)22(27)24-15-12-18-8-10-20(11-9-18)19-6-4-3-5-7-19/h8-11,19,21H,3-7,12-17H2,1-2H3,(H,24,27). The highest BCUT2D eigenvalue weighted by atomic mass is 16.2. The molecule has 154 valence electrons. The highest BCUT2D eigenvalue weighted by Crippen LogP contribution is 2.32. The van der Waals surface area contributed by atoms with E-state index in [1.54, 1.807) is 19.0 Å². The van der Waals surface area contributed by atoms with E-state index in [1.807, 2.05) is 4.90 Å². The molecular formula is C23H35N3O2. The summed E-state index contributed by atoms with van der Waals surface area (Å²) in [5, 5.41) is 3.09. The number of hydrogen-bond donors (Lipinski definition) is 1. The molecule has 2 aliphatic rings. The fraction of sp³-hybridized carbons (Fsp3) is 0.652. The van der Waals surface area contributed by atoms with Crippen LogP contribution in [0.15, 0.2) is 24.3 Å². The molecule has 2 fully saturated rings. The van der Waals surface area contributed by atoms with E-state index < -0.39 is 0 Å². The zero-order valence-electron chi connectivity index (χ0n) is 17.5. The summed E-state index contributed by atoms with van der Waals surface area (Å²) in [7, 11) is 3.53. The third-order valence-electron chi connectivity index (χ3n) is 6.29. The van der Waals surface area contributed by atoms with Gasteiger partial charge in [-0.15, -0.1) is 0 Å². The molecule has 3 amide bonds. The van der Waals surface area contributed by atoms with Crippen molar-refractivity contribution in [1.82, 2.24) is 15.1 Å². The van der Waals surface area contributed by atoms with Gasteiger partial charge in [0.25, 0.3) is 0 Å². The summed E-state index contributed by atoms with van der Waals surface area (Å²) in [6.45, 7) is 2.01. The molecule has 0 unspecified atom stereocenters. The van der Waals surface area contributed by atoms with Gasteiger partial charge in [0.15, 0.2) is 0 Å². The van der Waals surface area contributed by atoms with Crippen molar-refractivity contribution in [1.29, 1.82) is 0 Å². The first-order valence-electron chi connectivity index (χ1n) is 10.9. The van der Waals surface area contributed by atoms with Gasteiger partial charge in [0, 0.05) is 39.6 Å². The van der Waals surface area contributed by atoms with Crippen LogP contribution in [0.1, 0.15) is 62.0 Å². The average Bonchev–Trinajstić information content (AvgIpc) is 2.74. The second kappa shape index (κ2) is 9.94. The monoisotopic (exact) mass is 385 g/mol. The summed E-state index contributed by atoms with van der Waals surface area (Å²) in [5.41, 5.74) is 2.76. The third-order valence-corrected chi connectivity index (χ3v) is 6.29. The molecule has 28 heavy (non-hydrogen) atoms. The number of urea groups is 1. The molecule has 5 heteroatoms. The van der Waals surface area contributed by atoms with E-state index in [1.165, 1.54) is 43.2 Å². The second-order valence-electron chi connectivity index (χ2n) is 8.56. The van der Waals surface area contributed by atoms with Gasteiger partial charge in [-0.3, -0.25) is 4.79 Å². The lowest BCUT2D eigenvalue weighted by molar-refractivity contribution is -0.126. The summed E-state index contributed by atoms with van der Waals surface area (Å²) in [4.78, 5) is 27.8. The Bertz CT molecular complexity index is 642. The number of amides is 3. The zero-order chi connectivity index (χ0) is 19.9. The van der Waals surface area contributed by atoms with Gasteiger partial charge >= 0.3 is 6.03 Å². The summed E-state index contributed by atoms with van der Waals surface area (Å²) in [5.74, 6) is 0.906. The third kappa shape index (κ3) is 5.49. The molecule has 0 spiro atoms. The maximum atomic E-state index is 12.4. The lowest BCUT2D eigenvalue weighted by Gasteiger charge is -2.33. The summed E-state index contributed by atoms with van der Waals surface area (Å²) in [6.07, 6.45) is 9.14. The van der Waals surface area contributed by atoms with Gasteiger partial charge in [0.05, 0.1) is 0 Å². The lowest BCUT2D eigenvalue weighted by atomic mass is 9.84. The van der Waals surface area contributed by atoms with Crippen LogP contribution < -0.4 is 5.32 Å². The number of piperidine rings is 1. The van der Waals surface area contributed by atoms with E-state index in [0.717, 1.165) is 25.2 Å². The van der Waals surface area contributed by atoms with E-state index in [0.29, 0.717) is 19.6 Å². The zero-order valence-corrected chi connectivity index (χ0v) is 17.5. The van der Waals surface area contributed by atoms with Gasteiger partial charge in [0.2, 0.25) is 5.91 Å². The van der Waals surface area contributed by atoms with Crippen molar-refractivity contribution in [3.8, 4) is 0 Å². The fourth-order valence-corrected chi connectivity index (χ4v) is 4.48. The molecule has 1 saturated heterocycles. The number of carbonyl (C=O) groups is 2. The van der Waals surface area contributed by atoms with Gasteiger partial charge in [-0.25, -0.2) is 4.79 Å². The number of hydrogen-bond acceptors (Lipinski definition) is 2. The topological polar surface area (TPSA) is 52.7 Å². The molecule has 1 heterocycles. The van der Waals surface area contributed by atoms with E-state index in [4.69, 9.17) is 0 Å². The van der Waals surface area contributed by atoms with Crippen molar-refractivity contribution in [3.05, 3.63) is 35.4 Å². The maximum absolute atomic E-state index is 12.4. The molecule has 0 aromatic heterocycles. The first-order chi connectivity index (χ1) is 13.5. The Morgan fingerprint density at radius 1 is 1.00 bits per heavy atom. The number of rotatable bonds is 5. The van der Waals surface area contributed by atoms with Crippen LogP contribution in [0.5, 0.6) is 0 Å². The van der Waals surface area contributed by atoms with Gasteiger partial charge in [-0.1, -0.05) is 43.5 Å². The van der Waals surface area contributed by atoms with Crippen LogP contribution in [0, 0.1) is 5.92 Å². The Labute approximate surface area is 169 Å². The minimum Gasteiger partial charge on any atom is -0.356 e. The SMILES string of the molecule is CN(C)C(=O)N1CCC(C(=O)NCCc2ccc(C3CCCCC3)cc2)CC1. The number of carbonyl (C=O) groups excluding carboxylic acids is 2. The van der Waals surface area contributed by atoms with Crippen LogP contribution in [-0.2, 0) is 11.2 Å². The molecule has 1 N–H and O–H groups in total. The lowest BCUT2D eigenvalue weighted by Crippen LogP contribution is -2.46. The van der Waals surface area contributed by atoms with Crippen LogP contribution in [0.4, 0.5) is 4.79 Å². The van der Waals surface area contributed by atoms with E-state index in [2.05, 4.69) is 29.6 Å². The molecule has 1 saturated carbocycles. The number of likely N-dealkylation sites (tertiary alicyclic amines) is 1. The van der Waals surface area contributed by atoms with Gasteiger partial charge < -0.3 is 15.1 Å².